The Kier molecular flexibility index (Phi) is 14.2. The number of aliphatic hydroxyl groups excluding tert-OH is 2. The number of aromatic amines is 1. The number of urea groups is 1. The van der Waals surface area contributed by atoms with Crippen molar-refractivity contribution in [1.82, 2.24) is 20.0 Å². The van der Waals surface area contributed by atoms with Crippen LogP contribution in [-0.2, 0) is 39.5 Å². The van der Waals surface area contributed by atoms with Gasteiger partial charge in [0.2, 0.25) is 0 Å². The van der Waals surface area contributed by atoms with Gasteiger partial charge in [-0.15, -0.1) is 0 Å². The first-order chi connectivity index (χ1) is 27.2. The van der Waals surface area contributed by atoms with E-state index in [4.69, 9.17) is 19.5 Å². The molecule has 298 valence electrons. The zero-order valence-corrected chi connectivity index (χ0v) is 33.1. The molecule has 13 heteroatoms. The van der Waals surface area contributed by atoms with E-state index in [1.165, 1.54) is 0 Å². The Bertz CT molecular complexity index is 2020. The van der Waals surface area contributed by atoms with Crippen molar-refractivity contribution in [3.8, 4) is 5.75 Å². The normalized spacial score (nSPS) is 19.0. The summed E-state index contributed by atoms with van der Waals surface area (Å²) in [5.74, 6) is 0.831. The number of nitrogens with zero attached hydrogens (tertiary/aromatic N) is 3. The summed E-state index contributed by atoms with van der Waals surface area (Å²) in [6.45, 7) is 5.02. The van der Waals surface area contributed by atoms with Gasteiger partial charge in [0.25, 0.3) is 0 Å². The van der Waals surface area contributed by atoms with Gasteiger partial charge in [-0.05, 0) is 72.2 Å². The first-order valence-corrected chi connectivity index (χ1v) is 21.2. The van der Waals surface area contributed by atoms with Crippen LogP contribution in [0, 0.1) is 0 Å². The number of hydrogen-bond donors (Lipinski definition) is 4. The molecule has 2 amide bonds. The van der Waals surface area contributed by atoms with Crippen molar-refractivity contribution < 1.29 is 33.4 Å². The van der Waals surface area contributed by atoms with E-state index in [0.717, 1.165) is 58.8 Å². The number of nitrogens with two attached hydrogens (primary N) is 1. The Hall–Kier alpha value is -4.71. The summed E-state index contributed by atoms with van der Waals surface area (Å²) in [7, 11) is -3.48. The van der Waals surface area contributed by atoms with E-state index in [-0.39, 0.29) is 25.5 Å². The zero-order chi connectivity index (χ0) is 39.5. The number of aliphatic hydroxyl groups is 2. The maximum Gasteiger partial charge on any atom is 0.367 e. The monoisotopic (exact) mass is 783 g/mol. The molecule has 0 saturated carbocycles. The lowest BCUT2D eigenvalue weighted by atomic mass is 9.91. The summed E-state index contributed by atoms with van der Waals surface area (Å²) in [5.41, 5.74) is 10.4. The van der Waals surface area contributed by atoms with E-state index in [0.29, 0.717) is 37.6 Å². The molecule has 1 aliphatic rings. The van der Waals surface area contributed by atoms with Gasteiger partial charge in [0.1, 0.15) is 18.0 Å². The molecule has 4 atom stereocenters. The van der Waals surface area contributed by atoms with Crippen molar-refractivity contribution in [2.45, 2.75) is 89.8 Å². The summed E-state index contributed by atoms with van der Waals surface area (Å²) < 4.78 is 30.8. The Morgan fingerprint density at radius 2 is 1.25 bits per heavy atom. The number of aromatic nitrogens is 2. The molecule has 1 aliphatic heterocycles. The van der Waals surface area contributed by atoms with Crippen molar-refractivity contribution in [3.63, 3.8) is 0 Å². The number of ether oxygens (including phenoxy) is 1. The summed E-state index contributed by atoms with van der Waals surface area (Å²) >= 11 is 0. The number of fused-ring (bicyclic) bond motifs is 1. The van der Waals surface area contributed by atoms with E-state index in [2.05, 4.69) is 10.2 Å². The summed E-state index contributed by atoms with van der Waals surface area (Å²) in [5, 5.41) is 32.0. The molecule has 5 N–H and O–H groups in total. The van der Waals surface area contributed by atoms with Crippen molar-refractivity contribution in [2.24, 2.45) is 0 Å². The smallest absolute Gasteiger partial charge is 0.367 e. The largest absolute Gasteiger partial charge is 0.481 e. The molecular formula is C43H54N5O7P. The Labute approximate surface area is 329 Å². The van der Waals surface area contributed by atoms with Crippen LogP contribution in [0.2, 0.25) is 0 Å². The molecule has 0 aliphatic carbocycles. The number of benzene rings is 4. The second-order valence-corrected chi connectivity index (χ2v) is 16.4. The first-order valence-electron chi connectivity index (χ1n) is 19.5. The molecule has 0 spiro atoms. The van der Waals surface area contributed by atoms with E-state index in [9.17, 15) is 14.8 Å². The number of nitrogens with one attached hydrogen (secondary N) is 1. The van der Waals surface area contributed by atoms with Crippen molar-refractivity contribution >= 4 is 30.3 Å². The Morgan fingerprint density at radius 1 is 0.732 bits per heavy atom. The molecule has 5 aromatic rings. The van der Waals surface area contributed by atoms with Crippen molar-refractivity contribution in [3.05, 3.63) is 125 Å². The topological polar surface area (TPSA) is 163 Å². The van der Waals surface area contributed by atoms with Gasteiger partial charge < -0.3 is 39.5 Å². The third-order valence-electron chi connectivity index (χ3n) is 10.3. The summed E-state index contributed by atoms with van der Waals surface area (Å²) in [4.78, 5) is 18.5. The predicted molar refractivity (Wildman–Crippen MR) is 218 cm³/mol. The number of H-pyrrole nitrogens is 1. The van der Waals surface area contributed by atoms with E-state index >= 15 is 4.79 Å². The number of anilines is 1. The minimum Gasteiger partial charge on any atom is -0.481 e. The summed E-state index contributed by atoms with van der Waals surface area (Å²) in [6, 6.07) is 30.4. The third kappa shape index (κ3) is 10.4. The average molecular weight is 784 g/mol. The van der Waals surface area contributed by atoms with Gasteiger partial charge >= 0.3 is 13.6 Å². The molecule has 0 bridgehead atoms. The van der Waals surface area contributed by atoms with Crippen LogP contribution in [0.3, 0.4) is 0 Å². The number of rotatable bonds is 19. The highest BCUT2D eigenvalue weighted by Gasteiger charge is 2.46. The predicted octanol–water partition coefficient (Wildman–Crippen LogP) is 7.69. The maximum atomic E-state index is 15.1. The lowest BCUT2D eigenvalue weighted by molar-refractivity contribution is -0.0408. The number of carbonyl (C=O) groups is 1. The van der Waals surface area contributed by atoms with E-state index in [1.54, 1.807) is 21.9 Å². The highest BCUT2D eigenvalue weighted by Crippen LogP contribution is 2.48. The van der Waals surface area contributed by atoms with Gasteiger partial charge in [0, 0.05) is 18.5 Å². The van der Waals surface area contributed by atoms with Crippen LogP contribution < -0.4 is 10.5 Å². The second kappa shape index (κ2) is 19.4. The van der Waals surface area contributed by atoms with Crippen LogP contribution in [0.15, 0.2) is 103 Å². The van der Waals surface area contributed by atoms with Crippen LogP contribution in [0.4, 0.5) is 10.6 Å². The van der Waals surface area contributed by atoms with Crippen LogP contribution >= 0.6 is 7.60 Å². The number of amides is 2. The molecule has 6 rings (SSSR count). The van der Waals surface area contributed by atoms with Gasteiger partial charge in [-0.25, -0.2) is 4.79 Å². The van der Waals surface area contributed by atoms with Crippen LogP contribution in [0.25, 0.3) is 10.9 Å². The van der Waals surface area contributed by atoms with Gasteiger partial charge in [-0.1, -0.05) is 106 Å². The molecule has 56 heavy (non-hydrogen) atoms. The number of unbranched alkanes of at least 4 members (excludes halogenated alkanes) is 2. The standard InChI is InChI=1S/C43H54N5O7P/c1-3-5-23-54-56(52,55-24-6-4-2)30-53-35-20-17-33(18-21-35)28-47-38(26-31-13-9-7-10-14-31)40(49)41(50)39(27-32-15-11-8-12-16-32)48(43(47)51)29-34-19-22-37-36(25-34)42(44)46-45-37/h7-22,25,38-41,49-50H,3-6,23-24,26-30H2,1-2H3,(H3,44,45,46)/t38-,39-,40+,41+/m1/s1. The minimum atomic E-state index is -3.48. The SMILES string of the molecule is CCCCOP(=O)(COc1ccc(CN2C(=O)N(Cc3ccc4[nH]nc(N)c4c3)[C@H](Cc3ccccc3)[C@H](O)[C@@H](O)[C@H]2Cc2ccccc2)cc1)OCCCC. The molecule has 12 nitrogen and oxygen atoms in total. The molecule has 0 radical (unpaired) electrons. The zero-order valence-electron chi connectivity index (χ0n) is 32.2. The highest BCUT2D eigenvalue weighted by molar-refractivity contribution is 7.53. The van der Waals surface area contributed by atoms with Crippen LogP contribution in [0.5, 0.6) is 5.75 Å². The third-order valence-corrected chi connectivity index (χ3v) is 11.9. The minimum absolute atomic E-state index is 0.140. The summed E-state index contributed by atoms with van der Waals surface area (Å²) in [6.07, 6.45) is 1.21. The fraction of sp³-hybridized carbons (Fsp3) is 0.395. The number of carbonyl (C=O) groups excluding carboxylic acids is 1. The fourth-order valence-electron chi connectivity index (χ4n) is 7.04. The quantitative estimate of drug-likeness (QED) is 0.0486. The van der Waals surface area contributed by atoms with Crippen LogP contribution in [-0.4, -0.2) is 80.1 Å². The molecule has 1 fully saturated rings. The number of hydrogen-bond acceptors (Lipinski definition) is 9. The fourth-order valence-corrected chi connectivity index (χ4v) is 8.39. The molecular weight excluding hydrogens is 729 g/mol. The van der Waals surface area contributed by atoms with Crippen LogP contribution in [0.1, 0.15) is 61.8 Å². The molecule has 1 aromatic heterocycles. The van der Waals surface area contributed by atoms with Crippen molar-refractivity contribution in [1.29, 1.82) is 0 Å². The van der Waals surface area contributed by atoms with Crippen molar-refractivity contribution in [2.75, 3.05) is 25.3 Å². The van der Waals surface area contributed by atoms with Gasteiger partial charge in [0.05, 0.1) is 30.8 Å². The molecule has 1 saturated heterocycles. The van der Waals surface area contributed by atoms with Gasteiger partial charge in [-0.2, -0.15) is 5.10 Å². The number of nitrogen functional groups attached to an aromatic ring is 1. The lowest BCUT2D eigenvalue weighted by Crippen LogP contribution is -2.50. The van der Waals surface area contributed by atoms with E-state index < -0.39 is 31.9 Å². The highest BCUT2D eigenvalue weighted by atomic mass is 31.2. The average Bonchev–Trinajstić information content (AvgIpc) is 3.57. The Balaban J connectivity index is 1.30. The first kappa shape index (κ1) is 40.9. The van der Waals surface area contributed by atoms with Gasteiger partial charge in [-0.3, -0.25) is 9.66 Å². The second-order valence-electron chi connectivity index (χ2n) is 14.4. The molecule has 2 heterocycles. The van der Waals surface area contributed by atoms with E-state index in [1.807, 2.05) is 105 Å². The van der Waals surface area contributed by atoms with Gasteiger partial charge in [0.15, 0.2) is 12.2 Å². The molecule has 0 unspecified atom stereocenters. The molecule has 4 aromatic carbocycles. The Morgan fingerprint density at radius 3 is 1.79 bits per heavy atom. The maximum absolute atomic E-state index is 15.1. The lowest BCUT2D eigenvalue weighted by Gasteiger charge is -2.36.